The van der Waals surface area contributed by atoms with Gasteiger partial charge in [0.05, 0.1) is 36.6 Å². The highest BCUT2D eigenvalue weighted by Gasteiger charge is 2.41. The monoisotopic (exact) mass is 533 g/mol. The van der Waals surface area contributed by atoms with Crippen LogP contribution in [0.2, 0.25) is 0 Å². The first kappa shape index (κ1) is 26.3. The SMILES string of the molecule is Cc1ccc(C(=O)O)cc1-n1c(C)cc([C@@H]2[C@H](c3ccccn3)NC(=S)N2CCCN2CCOCC2)c1C. The highest BCUT2D eigenvalue weighted by atomic mass is 32.1. The molecular weight excluding hydrogens is 498 g/mol. The van der Waals surface area contributed by atoms with E-state index in [1.54, 1.807) is 12.1 Å². The van der Waals surface area contributed by atoms with Crippen LogP contribution in [0.3, 0.4) is 0 Å². The number of thiocarbonyl (C=S) groups is 1. The lowest BCUT2D eigenvalue weighted by Crippen LogP contribution is -2.39. The van der Waals surface area contributed by atoms with E-state index in [9.17, 15) is 9.90 Å². The van der Waals surface area contributed by atoms with Gasteiger partial charge in [-0.25, -0.2) is 4.79 Å². The summed E-state index contributed by atoms with van der Waals surface area (Å²) in [5, 5.41) is 13.9. The van der Waals surface area contributed by atoms with Gasteiger partial charge in [0.15, 0.2) is 5.11 Å². The van der Waals surface area contributed by atoms with E-state index in [0.717, 1.165) is 84.8 Å². The number of aromatic carboxylic acids is 1. The number of rotatable bonds is 8. The van der Waals surface area contributed by atoms with E-state index in [1.165, 1.54) is 0 Å². The molecular formula is C29H35N5O3S. The molecule has 2 aliphatic heterocycles. The largest absolute Gasteiger partial charge is 0.478 e. The van der Waals surface area contributed by atoms with Crippen LogP contribution in [0.25, 0.3) is 5.69 Å². The number of nitrogens with one attached hydrogen (secondary N) is 1. The van der Waals surface area contributed by atoms with Crippen molar-refractivity contribution in [3.05, 3.63) is 82.4 Å². The van der Waals surface area contributed by atoms with E-state index in [4.69, 9.17) is 17.0 Å². The molecule has 2 saturated heterocycles. The summed E-state index contributed by atoms with van der Waals surface area (Å²) in [5.74, 6) is -0.930. The van der Waals surface area contributed by atoms with Crippen molar-refractivity contribution >= 4 is 23.3 Å². The number of pyridine rings is 1. The van der Waals surface area contributed by atoms with E-state index in [2.05, 4.69) is 44.6 Å². The fourth-order valence-electron chi connectivity index (χ4n) is 5.72. The molecule has 0 aliphatic carbocycles. The van der Waals surface area contributed by atoms with E-state index in [-0.39, 0.29) is 17.6 Å². The van der Waals surface area contributed by atoms with Crippen LogP contribution in [-0.2, 0) is 4.74 Å². The fraction of sp³-hybridized carbons (Fsp3) is 0.414. The summed E-state index contributed by atoms with van der Waals surface area (Å²) >= 11 is 5.89. The van der Waals surface area contributed by atoms with Gasteiger partial charge in [-0.2, -0.15) is 0 Å². The van der Waals surface area contributed by atoms with E-state index < -0.39 is 5.97 Å². The van der Waals surface area contributed by atoms with Gasteiger partial charge in [-0.05, 0) is 80.9 Å². The van der Waals surface area contributed by atoms with Crippen molar-refractivity contribution in [2.24, 2.45) is 0 Å². The zero-order valence-corrected chi connectivity index (χ0v) is 23.0. The molecule has 4 heterocycles. The van der Waals surface area contributed by atoms with E-state index in [1.807, 2.05) is 37.4 Å². The average molecular weight is 534 g/mol. The van der Waals surface area contributed by atoms with Crippen LogP contribution in [0.4, 0.5) is 0 Å². The minimum atomic E-state index is -0.930. The number of hydrogen-bond donors (Lipinski definition) is 2. The first-order valence-corrected chi connectivity index (χ1v) is 13.6. The van der Waals surface area contributed by atoms with Gasteiger partial charge in [0.25, 0.3) is 0 Å². The van der Waals surface area contributed by atoms with Gasteiger partial charge in [0.1, 0.15) is 0 Å². The van der Waals surface area contributed by atoms with Gasteiger partial charge >= 0.3 is 5.97 Å². The van der Waals surface area contributed by atoms with E-state index in [0.29, 0.717) is 0 Å². The fourth-order valence-corrected chi connectivity index (χ4v) is 6.05. The minimum absolute atomic E-state index is 0.0370. The molecule has 1 aromatic carbocycles. The number of carboxylic acid groups (broad SMARTS) is 1. The van der Waals surface area contributed by atoms with Gasteiger partial charge in [-0.3, -0.25) is 9.88 Å². The normalized spacial score (nSPS) is 20.1. The molecule has 2 N–H and O–H groups in total. The van der Waals surface area contributed by atoms with Crippen LogP contribution >= 0.6 is 12.2 Å². The molecule has 3 aromatic rings. The highest BCUT2D eigenvalue weighted by molar-refractivity contribution is 7.80. The Balaban J connectivity index is 1.51. The van der Waals surface area contributed by atoms with Crippen LogP contribution in [0.5, 0.6) is 0 Å². The lowest BCUT2D eigenvalue weighted by Gasteiger charge is -2.30. The number of carboxylic acids is 1. The van der Waals surface area contributed by atoms with Crippen molar-refractivity contribution in [3.63, 3.8) is 0 Å². The van der Waals surface area contributed by atoms with Crippen LogP contribution in [-0.4, -0.2) is 74.9 Å². The Morgan fingerprint density at radius 1 is 1.13 bits per heavy atom. The Morgan fingerprint density at radius 3 is 2.63 bits per heavy atom. The topological polar surface area (TPSA) is 82.9 Å². The molecule has 2 aromatic heterocycles. The maximum Gasteiger partial charge on any atom is 0.335 e. The van der Waals surface area contributed by atoms with Gasteiger partial charge in [0.2, 0.25) is 0 Å². The maximum absolute atomic E-state index is 11.7. The number of morpholine rings is 1. The second kappa shape index (κ2) is 11.2. The smallest absolute Gasteiger partial charge is 0.335 e. The number of benzene rings is 1. The summed E-state index contributed by atoms with van der Waals surface area (Å²) in [6, 6.07) is 13.4. The molecule has 2 fully saturated rings. The molecule has 0 spiro atoms. The number of aryl methyl sites for hydroxylation is 2. The predicted molar refractivity (Wildman–Crippen MR) is 151 cm³/mol. The van der Waals surface area contributed by atoms with Gasteiger partial charge in [-0.1, -0.05) is 12.1 Å². The molecule has 8 nitrogen and oxygen atoms in total. The molecule has 2 atom stereocenters. The van der Waals surface area contributed by atoms with Crippen molar-refractivity contribution in [1.82, 2.24) is 24.7 Å². The number of nitrogens with zero attached hydrogens (tertiary/aromatic N) is 4. The zero-order chi connectivity index (χ0) is 26.8. The van der Waals surface area contributed by atoms with Gasteiger partial charge < -0.3 is 24.6 Å². The Bertz CT molecular complexity index is 1320. The molecule has 0 unspecified atom stereocenters. The molecule has 200 valence electrons. The molecule has 0 amide bonds. The van der Waals surface area contributed by atoms with Crippen molar-refractivity contribution in [2.75, 3.05) is 39.4 Å². The predicted octanol–water partition coefficient (Wildman–Crippen LogP) is 4.19. The van der Waals surface area contributed by atoms with Crippen LogP contribution in [0.15, 0.2) is 48.7 Å². The second-order valence-electron chi connectivity index (χ2n) is 10.1. The minimum Gasteiger partial charge on any atom is -0.478 e. The summed E-state index contributed by atoms with van der Waals surface area (Å²) < 4.78 is 7.67. The third kappa shape index (κ3) is 5.18. The van der Waals surface area contributed by atoms with Crippen LogP contribution in [0.1, 0.15) is 57.1 Å². The Morgan fingerprint density at radius 2 is 1.92 bits per heavy atom. The van der Waals surface area contributed by atoms with Crippen LogP contribution < -0.4 is 5.32 Å². The molecule has 0 radical (unpaired) electrons. The van der Waals surface area contributed by atoms with Crippen molar-refractivity contribution in [3.8, 4) is 5.69 Å². The Hall–Kier alpha value is -3.27. The molecule has 9 heteroatoms. The number of aromatic nitrogens is 2. The van der Waals surface area contributed by atoms with Gasteiger partial charge in [-0.15, -0.1) is 0 Å². The van der Waals surface area contributed by atoms with Crippen LogP contribution in [0, 0.1) is 20.8 Å². The quantitative estimate of drug-likeness (QED) is 0.417. The highest BCUT2D eigenvalue weighted by Crippen LogP contribution is 2.41. The van der Waals surface area contributed by atoms with E-state index >= 15 is 0 Å². The lowest BCUT2D eigenvalue weighted by atomic mass is 9.96. The maximum atomic E-state index is 11.7. The number of hydrogen-bond acceptors (Lipinski definition) is 5. The first-order chi connectivity index (χ1) is 18.3. The third-order valence-corrected chi connectivity index (χ3v) is 8.01. The molecule has 38 heavy (non-hydrogen) atoms. The summed E-state index contributed by atoms with van der Waals surface area (Å²) in [5.41, 5.74) is 6.42. The third-order valence-electron chi connectivity index (χ3n) is 7.66. The van der Waals surface area contributed by atoms with Crippen molar-refractivity contribution in [1.29, 1.82) is 0 Å². The van der Waals surface area contributed by atoms with Crippen molar-refractivity contribution in [2.45, 2.75) is 39.3 Å². The standard InChI is InChI=1S/C29H35N5O3S/c1-19-8-9-22(28(35)36)18-25(19)34-20(2)17-23(21(34)3)27-26(24-7-4-5-10-30-24)31-29(38)33(27)12-6-11-32-13-15-37-16-14-32/h4-5,7-10,17-18,26-27H,6,11-16H2,1-3H3,(H,31,38)(H,35,36)/t26-,27+/m0/s1. The average Bonchev–Trinajstić information content (AvgIpc) is 3.40. The summed E-state index contributed by atoms with van der Waals surface area (Å²) in [4.78, 5) is 21.2. The number of carbonyl (C=O) groups is 1. The van der Waals surface area contributed by atoms with Gasteiger partial charge in [0, 0.05) is 49.5 Å². The Kier molecular flexibility index (Phi) is 7.78. The molecule has 0 saturated carbocycles. The number of ether oxygens (including phenoxy) is 1. The van der Waals surface area contributed by atoms with Crippen molar-refractivity contribution < 1.29 is 14.6 Å². The molecule has 2 aliphatic rings. The summed E-state index contributed by atoms with van der Waals surface area (Å²) in [6.07, 6.45) is 2.81. The molecule has 0 bridgehead atoms. The first-order valence-electron chi connectivity index (χ1n) is 13.2. The zero-order valence-electron chi connectivity index (χ0n) is 22.2. The summed E-state index contributed by atoms with van der Waals surface area (Å²) in [6.45, 7) is 11.6. The molecule has 5 rings (SSSR count). The Labute approximate surface area is 229 Å². The second-order valence-corrected chi connectivity index (χ2v) is 10.5. The summed E-state index contributed by atoms with van der Waals surface area (Å²) in [7, 11) is 0. The lowest BCUT2D eigenvalue weighted by molar-refractivity contribution is 0.0365.